The van der Waals surface area contributed by atoms with Crippen LogP contribution in [0.5, 0.6) is 0 Å². The molecule has 1 aliphatic carbocycles. The molecule has 0 saturated heterocycles. The van der Waals surface area contributed by atoms with Crippen molar-refractivity contribution >= 4 is 32.6 Å². The molecule has 7 rings (SSSR count). The van der Waals surface area contributed by atoms with Crippen molar-refractivity contribution in [2.45, 2.75) is 19.3 Å². The first-order valence-electron chi connectivity index (χ1n) is 11.3. The maximum absolute atomic E-state index is 2.48. The number of fused-ring (bicyclic) bond motifs is 10. The van der Waals surface area contributed by atoms with Crippen molar-refractivity contribution in [3.05, 3.63) is 114 Å². The number of para-hydroxylation sites is 2. The van der Waals surface area contributed by atoms with Crippen LogP contribution in [0.25, 0.3) is 49.4 Å². The number of aromatic nitrogens is 1. The topological polar surface area (TPSA) is 4.93 Å². The molecule has 0 fully saturated rings. The van der Waals surface area contributed by atoms with E-state index in [1.165, 1.54) is 60.5 Å². The molecule has 1 aromatic heterocycles. The zero-order valence-corrected chi connectivity index (χ0v) is 18.3. The van der Waals surface area contributed by atoms with Crippen LogP contribution in [0.4, 0.5) is 0 Å². The number of rotatable bonds is 1. The third-order valence-electron chi connectivity index (χ3n) is 7.34. The molecular weight excluding hydrogens is 386 g/mol. The van der Waals surface area contributed by atoms with Crippen molar-refractivity contribution in [1.82, 2.24) is 4.57 Å². The number of nitrogens with zero attached hydrogens (tertiary/aromatic N) is 1. The highest BCUT2D eigenvalue weighted by molar-refractivity contribution is 6.27. The molecule has 5 aromatic carbocycles. The van der Waals surface area contributed by atoms with E-state index in [1.807, 2.05) is 0 Å². The SMILES string of the molecule is CC1(C)c2ccccc2-c2c1c1ccccc1c1c3ccccc3n(-c3ccccc3)c21. The molecule has 0 radical (unpaired) electrons. The lowest BCUT2D eigenvalue weighted by atomic mass is 9.79. The van der Waals surface area contributed by atoms with Gasteiger partial charge in [-0.15, -0.1) is 0 Å². The van der Waals surface area contributed by atoms with Crippen LogP contribution in [0.2, 0.25) is 0 Å². The summed E-state index contributed by atoms with van der Waals surface area (Å²) in [7, 11) is 0. The van der Waals surface area contributed by atoms with Gasteiger partial charge in [0, 0.05) is 27.4 Å². The molecule has 1 aliphatic rings. The Balaban J connectivity index is 1.86. The van der Waals surface area contributed by atoms with Gasteiger partial charge < -0.3 is 4.57 Å². The zero-order chi connectivity index (χ0) is 21.4. The van der Waals surface area contributed by atoms with Gasteiger partial charge in [-0.2, -0.15) is 0 Å². The summed E-state index contributed by atoms with van der Waals surface area (Å²) in [6.07, 6.45) is 0. The summed E-state index contributed by atoms with van der Waals surface area (Å²) in [5.74, 6) is 0. The molecule has 1 heterocycles. The predicted molar refractivity (Wildman–Crippen MR) is 136 cm³/mol. The predicted octanol–water partition coefficient (Wildman–Crippen LogP) is 8.24. The van der Waals surface area contributed by atoms with Crippen molar-refractivity contribution in [3.63, 3.8) is 0 Å². The summed E-state index contributed by atoms with van der Waals surface area (Å²) in [4.78, 5) is 0. The third kappa shape index (κ3) is 2.08. The Morgan fingerprint density at radius 1 is 0.594 bits per heavy atom. The standard InChI is InChI=1S/C31H23N/c1-31(2)25-18-10-8-16-23(25)28-29(31)22-15-7-6-14-21(22)27-24-17-9-11-19-26(24)32(30(27)28)20-12-4-3-5-13-20/h3-19H,1-2H3. The molecule has 1 heteroatoms. The monoisotopic (exact) mass is 409 g/mol. The summed E-state index contributed by atoms with van der Waals surface area (Å²) in [6.45, 7) is 4.76. The van der Waals surface area contributed by atoms with E-state index in [9.17, 15) is 0 Å². The van der Waals surface area contributed by atoms with Gasteiger partial charge in [0.2, 0.25) is 0 Å². The first-order valence-corrected chi connectivity index (χ1v) is 11.3. The number of hydrogen-bond acceptors (Lipinski definition) is 0. The van der Waals surface area contributed by atoms with Gasteiger partial charge in [-0.1, -0.05) is 98.8 Å². The van der Waals surface area contributed by atoms with Gasteiger partial charge in [-0.05, 0) is 45.7 Å². The summed E-state index contributed by atoms with van der Waals surface area (Å²) in [5, 5.41) is 5.37. The summed E-state index contributed by atoms with van der Waals surface area (Å²) in [6, 6.07) is 37.6. The maximum Gasteiger partial charge on any atom is 0.0629 e. The van der Waals surface area contributed by atoms with Gasteiger partial charge in [-0.25, -0.2) is 0 Å². The van der Waals surface area contributed by atoms with Gasteiger partial charge in [0.05, 0.1) is 11.0 Å². The highest BCUT2D eigenvalue weighted by Crippen LogP contribution is 2.56. The van der Waals surface area contributed by atoms with E-state index in [-0.39, 0.29) is 5.41 Å². The molecule has 0 atom stereocenters. The van der Waals surface area contributed by atoms with E-state index in [0.29, 0.717) is 0 Å². The Hall–Kier alpha value is -3.84. The van der Waals surface area contributed by atoms with E-state index in [0.717, 1.165) is 0 Å². The molecule has 0 saturated carbocycles. The minimum absolute atomic E-state index is 0.0578. The average molecular weight is 410 g/mol. The van der Waals surface area contributed by atoms with Gasteiger partial charge in [0.15, 0.2) is 0 Å². The summed E-state index contributed by atoms with van der Waals surface area (Å²) >= 11 is 0. The minimum Gasteiger partial charge on any atom is -0.309 e. The Labute approximate surface area is 187 Å². The van der Waals surface area contributed by atoms with Crippen LogP contribution in [-0.2, 0) is 5.41 Å². The lowest BCUT2D eigenvalue weighted by Gasteiger charge is -2.24. The summed E-state index contributed by atoms with van der Waals surface area (Å²) in [5.41, 5.74) is 9.34. The molecule has 0 spiro atoms. The van der Waals surface area contributed by atoms with E-state index >= 15 is 0 Å². The van der Waals surface area contributed by atoms with Crippen LogP contribution in [0.3, 0.4) is 0 Å². The highest BCUT2D eigenvalue weighted by atomic mass is 15.0. The van der Waals surface area contributed by atoms with Crippen LogP contribution in [-0.4, -0.2) is 4.57 Å². The van der Waals surface area contributed by atoms with E-state index in [1.54, 1.807) is 0 Å². The lowest BCUT2D eigenvalue weighted by molar-refractivity contribution is 0.666. The van der Waals surface area contributed by atoms with Crippen molar-refractivity contribution in [2.75, 3.05) is 0 Å². The number of hydrogen-bond donors (Lipinski definition) is 0. The lowest BCUT2D eigenvalue weighted by Crippen LogP contribution is -2.15. The van der Waals surface area contributed by atoms with Crippen LogP contribution >= 0.6 is 0 Å². The zero-order valence-electron chi connectivity index (χ0n) is 18.3. The second kappa shape index (κ2) is 6.11. The average Bonchev–Trinajstić information content (AvgIpc) is 3.30. The molecule has 0 N–H and O–H groups in total. The van der Waals surface area contributed by atoms with Crippen molar-refractivity contribution in [1.29, 1.82) is 0 Å². The second-order valence-corrected chi connectivity index (χ2v) is 9.38. The summed E-state index contributed by atoms with van der Waals surface area (Å²) < 4.78 is 2.48. The van der Waals surface area contributed by atoms with Crippen LogP contribution in [0, 0.1) is 0 Å². The molecule has 0 bridgehead atoms. The Morgan fingerprint density at radius 2 is 1.22 bits per heavy atom. The van der Waals surface area contributed by atoms with E-state index in [2.05, 4.69) is 122 Å². The van der Waals surface area contributed by atoms with Gasteiger partial charge in [0.1, 0.15) is 0 Å². The molecule has 6 aromatic rings. The largest absolute Gasteiger partial charge is 0.309 e. The molecule has 32 heavy (non-hydrogen) atoms. The first-order chi connectivity index (χ1) is 15.7. The smallest absolute Gasteiger partial charge is 0.0629 e. The highest BCUT2D eigenvalue weighted by Gasteiger charge is 2.39. The van der Waals surface area contributed by atoms with Crippen molar-refractivity contribution < 1.29 is 0 Å². The Morgan fingerprint density at radius 3 is 2.03 bits per heavy atom. The fourth-order valence-electron chi connectivity index (χ4n) is 6.06. The van der Waals surface area contributed by atoms with Gasteiger partial charge in [0.25, 0.3) is 0 Å². The second-order valence-electron chi connectivity index (χ2n) is 9.38. The third-order valence-corrected chi connectivity index (χ3v) is 7.34. The van der Waals surface area contributed by atoms with Gasteiger partial charge in [-0.3, -0.25) is 0 Å². The fourth-order valence-corrected chi connectivity index (χ4v) is 6.06. The van der Waals surface area contributed by atoms with E-state index in [4.69, 9.17) is 0 Å². The van der Waals surface area contributed by atoms with Crippen LogP contribution < -0.4 is 0 Å². The van der Waals surface area contributed by atoms with Gasteiger partial charge >= 0.3 is 0 Å². The first kappa shape index (κ1) is 17.8. The number of benzene rings is 5. The Kier molecular flexibility index (Phi) is 3.40. The molecule has 152 valence electrons. The fraction of sp³-hybridized carbons (Fsp3) is 0.0968. The van der Waals surface area contributed by atoms with Crippen molar-refractivity contribution in [2.24, 2.45) is 0 Å². The van der Waals surface area contributed by atoms with Crippen LogP contribution in [0.15, 0.2) is 103 Å². The molecule has 1 nitrogen and oxygen atoms in total. The normalized spacial score (nSPS) is 14.2. The van der Waals surface area contributed by atoms with Crippen LogP contribution in [0.1, 0.15) is 25.0 Å². The minimum atomic E-state index is -0.0578. The molecule has 0 aliphatic heterocycles. The molecular formula is C31H23N. The maximum atomic E-state index is 2.48. The molecule has 0 unspecified atom stereocenters. The van der Waals surface area contributed by atoms with E-state index < -0.39 is 0 Å². The Bertz CT molecular complexity index is 1680. The quantitative estimate of drug-likeness (QED) is 0.258. The molecule has 0 amide bonds. The van der Waals surface area contributed by atoms with Crippen molar-refractivity contribution in [3.8, 4) is 16.8 Å².